The Hall–Kier alpha value is -0.0500. The molecule has 4 heteroatoms. The Balaban J connectivity index is 2.86. The van der Waals surface area contributed by atoms with E-state index in [9.17, 15) is 4.79 Å². The van der Waals surface area contributed by atoms with Crippen molar-refractivity contribution < 1.29 is 4.79 Å². The summed E-state index contributed by atoms with van der Waals surface area (Å²) in [7, 11) is 0. The number of carbonyl (C=O) groups is 1. The van der Waals surface area contributed by atoms with E-state index in [1.54, 1.807) is 12.1 Å². The average molecular weight is 296 g/mol. The van der Waals surface area contributed by atoms with E-state index in [1.807, 2.05) is 6.07 Å². The van der Waals surface area contributed by atoms with E-state index in [0.717, 1.165) is 11.1 Å². The monoisotopic (exact) mass is 294 g/mol. The first kappa shape index (κ1) is 12.0. The highest BCUT2D eigenvalue weighted by molar-refractivity contribution is 9.09. The summed E-state index contributed by atoms with van der Waals surface area (Å²) in [6.45, 7) is 0. The number of ketones is 1. The van der Waals surface area contributed by atoms with Crippen molar-refractivity contribution in [3.05, 3.63) is 34.3 Å². The van der Waals surface area contributed by atoms with Crippen molar-refractivity contribution in [3.63, 3.8) is 0 Å². The predicted molar refractivity (Wildman–Crippen MR) is 63.5 cm³/mol. The third-order valence-electron chi connectivity index (χ3n) is 1.72. The molecule has 1 rings (SSSR count). The first-order valence-electron chi connectivity index (χ1n) is 4.07. The number of alkyl halides is 2. The molecule has 1 aromatic carbocycles. The number of rotatable bonds is 4. The number of Topliss-reactive ketones (excluding diaryl/α,β-unsaturated/α-hetero) is 1. The molecule has 1 nitrogen and oxygen atoms in total. The van der Waals surface area contributed by atoms with Gasteiger partial charge in [0.1, 0.15) is 5.78 Å². The highest BCUT2D eigenvalue weighted by Crippen LogP contribution is 2.17. The molecule has 0 aliphatic heterocycles. The average Bonchev–Trinajstić information content (AvgIpc) is 2.16. The van der Waals surface area contributed by atoms with Crippen LogP contribution >= 0.6 is 39.1 Å². The number of benzene rings is 1. The van der Waals surface area contributed by atoms with Crippen LogP contribution in [0.4, 0.5) is 0 Å². The smallest absolute Gasteiger partial charge is 0.147 e. The fraction of sp³-hybridized carbons (Fsp3) is 0.300. The maximum Gasteiger partial charge on any atom is 0.147 e. The van der Waals surface area contributed by atoms with Crippen LogP contribution in [0.2, 0.25) is 5.02 Å². The second-order valence-corrected chi connectivity index (χ2v) is 4.21. The maximum atomic E-state index is 11.2. The fourth-order valence-corrected chi connectivity index (χ4v) is 1.80. The van der Waals surface area contributed by atoms with Gasteiger partial charge in [0.05, 0.1) is 5.33 Å². The number of hydrogen-bond donors (Lipinski definition) is 0. The van der Waals surface area contributed by atoms with Gasteiger partial charge in [-0.3, -0.25) is 4.79 Å². The van der Waals surface area contributed by atoms with E-state index >= 15 is 0 Å². The SMILES string of the molecule is O=C(CBr)Cc1cc(Cl)cc(CCl)c1. The van der Waals surface area contributed by atoms with E-state index in [0.29, 0.717) is 22.7 Å². The minimum atomic E-state index is 0.132. The summed E-state index contributed by atoms with van der Waals surface area (Å²) in [5.41, 5.74) is 1.86. The first-order valence-corrected chi connectivity index (χ1v) is 6.11. The topological polar surface area (TPSA) is 17.1 Å². The summed E-state index contributed by atoms with van der Waals surface area (Å²) in [4.78, 5) is 11.2. The van der Waals surface area contributed by atoms with E-state index in [1.165, 1.54) is 0 Å². The van der Waals surface area contributed by atoms with Gasteiger partial charge in [-0.2, -0.15) is 0 Å². The fourth-order valence-electron chi connectivity index (χ4n) is 1.17. The summed E-state index contributed by atoms with van der Waals surface area (Å²) in [6, 6.07) is 5.49. The highest BCUT2D eigenvalue weighted by atomic mass is 79.9. The molecule has 0 bridgehead atoms. The molecule has 0 aromatic heterocycles. The van der Waals surface area contributed by atoms with Crippen molar-refractivity contribution in [3.8, 4) is 0 Å². The third-order valence-corrected chi connectivity index (χ3v) is 2.87. The van der Waals surface area contributed by atoms with Crippen LogP contribution in [0.1, 0.15) is 11.1 Å². The third kappa shape index (κ3) is 3.60. The standard InChI is InChI=1S/C10H9BrCl2O/c11-5-10(14)4-7-1-8(6-12)3-9(13)2-7/h1-3H,4-6H2. The molecule has 0 atom stereocenters. The predicted octanol–water partition coefficient (Wildman–Crippen LogP) is 3.59. The quantitative estimate of drug-likeness (QED) is 0.776. The van der Waals surface area contributed by atoms with Crippen molar-refractivity contribution in [1.29, 1.82) is 0 Å². The van der Waals surface area contributed by atoms with E-state index in [4.69, 9.17) is 23.2 Å². The first-order chi connectivity index (χ1) is 6.65. The summed E-state index contributed by atoms with van der Waals surface area (Å²) < 4.78 is 0. The van der Waals surface area contributed by atoms with Crippen LogP contribution in [0, 0.1) is 0 Å². The zero-order valence-electron chi connectivity index (χ0n) is 7.40. The molecule has 0 N–H and O–H groups in total. The molecule has 0 unspecified atom stereocenters. The molecule has 0 fully saturated rings. The lowest BCUT2D eigenvalue weighted by Gasteiger charge is -2.03. The number of halogens is 3. The molecular formula is C10H9BrCl2O. The van der Waals surface area contributed by atoms with E-state index < -0.39 is 0 Å². The summed E-state index contributed by atoms with van der Waals surface area (Å²) in [6.07, 6.45) is 0.399. The van der Waals surface area contributed by atoms with Gasteiger partial charge >= 0.3 is 0 Å². The van der Waals surface area contributed by atoms with Gasteiger partial charge in [-0.15, -0.1) is 11.6 Å². The van der Waals surface area contributed by atoms with Crippen LogP contribution in [0.5, 0.6) is 0 Å². The molecule has 14 heavy (non-hydrogen) atoms. The Labute approximate surface area is 102 Å². The molecule has 1 aromatic rings. The molecule has 0 heterocycles. The van der Waals surface area contributed by atoms with Gasteiger partial charge in [0.2, 0.25) is 0 Å². The van der Waals surface area contributed by atoms with Crippen molar-refractivity contribution in [2.75, 3.05) is 5.33 Å². The van der Waals surface area contributed by atoms with Crippen molar-refractivity contribution >= 4 is 44.9 Å². The van der Waals surface area contributed by atoms with Gasteiger partial charge in [0, 0.05) is 17.3 Å². The molecule has 76 valence electrons. The van der Waals surface area contributed by atoms with Gasteiger partial charge < -0.3 is 0 Å². The second kappa shape index (κ2) is 5.74. The van der Waals surface area contributed by atoms with Gasteiger partial charge in [-0.1, -0.05) is 33.6 Å². The minimum absolute atomic E-state index is 0.132. The summed E-state index contributed by atoms with van der Waals surface area (Å²) in [5, 5.41) is 0.996. The minimum Gasteiger partial charge on any atom is -0.298 e. The van der Waals surface area contributed by atoms with E-state index in [-0.39, 0.29) is 5.78 Å². The molecular weight excluding hydrogens is 287 g/mol. The molecule has 0 saturated heterocycles. The summed E-state index contributed by atoms with van der Waals surface area (Å²) in [5.74, 6) is 0.545. The molecule has 0 amide bonds. The van der Waals surface area contributed by atoms with Crippen molar-refractivity contribution in [2.45, 2.75) is 12.3 Å². The normalized spacial score (nSPS) is 10.2. The van der Waals surface area contributed by atoms with Crippen LogP contribution < -0.4 is 0 Å². The Morgan fingerprint density at radius 2 is 1.93 bits per heavy atom. The van der Waals surface area contributed by atoms with E-state index in [2.05, 4.69) is 15.9 Å². The molecule has 0 aliphatic carbocycles. The Morgan fingerprint density at radius 3 is 2.50 bits per heavy atom. The van der Waals surface area contributed by atoms with Gasteiger partial charge in [0.15, 0.2) is 0 Å². The van der Waals surface area contributed by atoms with Gasteiger partial charge in [-0.05, 0) is 23.3 Å². The molecule has 0 aliphatic rings. The van der Waals surface area contributed by atoms with Gasteiger partial charge in [0.25, 0.3) is 0 Å². The molecule has 0 radical (unpaired) electrons. The Kier molecular flexibility index (Phi) is 4.93. The molecule has 0 spiro atoms. The second-order valence-electron chi connectivity index (χ2n) is 2.95. The number of hydrogen-bond acceptors (Lipinski definition) is 1. The van der Waals surface area contributed by atoms with Crippen LogP contribution in [-0.4, -0.2) is 11.1 Å². The lowest BCUT2D eigenvalue weighted by molar-refractivity contribution is -0.115. The zero-order valence-corrected chi connectivity index (χ0v) is 10.5. The lowest BCUT2D eigenvalue weighted by Crippen LogP contribution is -2.03. The molecule has 0 saturated carbocycles. The van der Waals surface area contributed by atoms with Crippen LogP contribution in [0.15, 0.2) is 18.2 Å². The lowest BCUT2D eigenvalue weighted by atomic mass is 10.1. The van der Waals surface area contributed by atoms with Gasteiger partial charge in [-0.25, -0.2) is 0 Å². The summed E-state index contributed by atoms with van der Waals surface area (Å²) >= 11 is 14.7. The highest BCUT2D eigenvalue weighted by Gasteiger charge is 2.04. The van der Waals surface area contributed by atoms with Crippen molar-refractivity contribution in [2.24, 2.45) is 0 Å². The maximum absolute atomic E-state index is 11.2. The van der Waals surface area contributed by atoms with Crippen LogP contribution in [0.3, 0.4) is 0 Å². The van der Waals surface area contributed by atoms with Crippen LogP contribution in [0.25, 0.3) is 0 Å². The number of carbonyl (C=O) groups excluding carboxylic acids is 1. The van der Waals surface area contributed by atoms with Crippen LogP contribution in [-0.2, 0) is 17.1 Å². The van der Waals surface area contributed by atoms with Crippen molar-refractivity contribution in [1.82, 2.24) is 0 Å². The Bertz CT molecular complexity index is 339. The zero-order chi connectivity index (χ0) is 10.6. The Morgan fingerprint density at radius 1 is 1.29 bits per heavy atom. The largest absolute Gasteiger partial charge is 0.298 e.